The summed E-state index contributed by atoms with van der Waals surface area (Å²) in [5, 5.41) is 2.65. The van der Waals surface area contributed by atoms with Crippen LogP contribution in [0.15, 0.2) is 29.2 Å². The lowest BCUT2D eigenvalue weighted by Gasteiger charge is -2.18. The number of sulfonamides is 1. The number of hydrogen-bond donors (Lipinski definition) is 1. The third-order valence-corrected chi connectivity index (χ3v) is 5.11. The quantitative estimate of drug-likeness (QED) is 0.845. The van der Waals surface area contributed by atoms with Crippen LogP contribution in [0, 0.1) is 0 Å². The molecule has 2 rings (SSSR count). The summed E-state index contributed by atoms with van der Waals surface area (Å²) in [4.78, 5) is 11.6. The molecule has 1 amide bonds. The molecule has 1 aliphatic heterocycles. The maximum absolute atomic E-state index is 12.4. The maximum Gasteiger partial charge on any atom is 0.243 e. The van der Waals surface area contributed by atoms with Crippen molar-refractivity contribution in [1.82, 2.24) is 9.62 Å². The molecule has 0 aromatic heterocycles. The van der Waals surface area contributed by atoms with E-state index in [4.69, 9.17) is 11.6 Å². The zero-order valence-corrected chi connectivity index (χ0v) is 11.9. The highest BCUT2D eigenvalue weighted by Crippen LogP contribution is 2.18. The molecule has 1 aliphatic rings. The minimum Gasteiger partial charge on any atom is -0.355 e. The van der Waals surface area contributed by atoms with E-state index < -0.39 is 10.0 Å². The summed E-state index contributed by atoms with van der Waals surface area (Å²) in [6, 6.07) is 6.40. The van der Waals surface area contributed by atoms with Crippen molar-refractivity contribution in [1.29, 1.82) is 0 Å². The fraction of sp³-hybridized carbons (Fsp3) is 0.417. The highest BCUT2D eigenvalue weighted by molar-refractivity contribution is 7.89. The minimum absolute atomic E-state index is 0.125. The van der Waals surface area contributed by atoms with Gasteiger partial charge in [0, 0.05) is 19.0 Å². The average molecular weight is 303 g/mol. The molecule has 1 saturated heterocycles. The average Bonchev–Trinajstić information content (AvgIpc) is 2.64. The Hall–Kier alpha value is -1.11. The molecule has 7 heteroatoms. The molecule has 0 bridgehead atoms. The van der Waals surface area contributed by atoms with Gasteiger partial charge in [-0.25, -0.2) is 8.42 Å². The zero-order valence-electron chi connectivity index (χ0n) is 10.3. The van der Waals surface area contributed by atoms with Crippen molar-refractivity contribution in [3.63, 3.8) is 0 Å². The highest BCUT2D eigenvalue weighted by Gasteiger charge is 2.27. The number of nitrogens with one attached hydrogen (secondary N) is 1. The topological polar surface area (TPSA) is 66.5 Å². The van der Waals surface area contributed by atoms with E-state index in [1.165, 1.54) is 16.4 Å². The van der Waals surface area contributed by atoms with Gasteiger partial charge in [0.2, 0.25) is 15.9 Å². The SMILES string of the molecule is O=C1CN(S(=O)(=O)c2ccc(CCl)cc2)CCCN1. The van der Waals surface area contributed by atoms with E-state index in [0.717, 1.165) is 5.56 Å². The third-order valence-electron chi connectivity index (χ3n) is 2.94. The van der Waals surface area contributed by atoms with Gasteiger partial charge in [0.1, 0.15) is 0 Å². The first-order valence-corrected chi connectivity index (χ1v) is 7.93. The lowest BCUT2D eigenvalue weighted by Crippen LogP contribution is -2.37. The van der Waals surface area contributed by atoms with Gasteiger partial charge < -0.3 is 5.32 Å². The molecule has 1 aromatic rings. The van der Waals surface area contributed by atoms with Gasteiger partial charge in [-0.1, -0.05) is 12.1 Å². The van der Waals surface area contributed by atoms with E-state index >= 15 is 0 Å². The molecule has 19 heavy (non-hydrogen) atoms. The predicted octanol–water partition coefficient (Wildman–Crippen LogP) is 0.936. The number of benzene rings is 1. The normalized spacial score (nSPS) is 17.8. The summed E-state index contributed by atoms with van der Waals surface area (Å²) in [6.07, 6.45) is 0.616. The van der Waals surface area contributed by atoms with Crippen molar-refractivity contribution in [3.05, 3.63) is 29.8 Å². The molecule has 1 fully saturated rings. The second-order valence-corrected chi connectivity index (χ2v) is 6.52. The van der Waals surface area contributed by atoms with Crippen LogP contribution < -0.4 is 5.32 Å². The van der Waals surface area contributed by atoms with Crippen molar-refractivity contribution in [2.24, 2.45) is 0 Å². The van der Waals surface area contributed by atoms with Crippen LogP contribution in [0.3, 0.4) is 0 Å². The smallest absolute Gasteiger partial charge is 0.243 e. The standard InChI is InChI=1S/C12H15ClN2O3S/c13-8-10-2-4-11(5-3-10)19(17,18)15-7-1-6-14-12(16)9-15/h2-5H,1,6-9H2,(H,14,16). The monoisotopic (exact) mass is 302 g/mol. The number of alkyl halides is 1. The molecule has 1 aromatic carbocycles. The Balaban J connectivity index is 2.26. The molecular formula is C12H15ClN2O3S. The van der Waals surface area contributed by atoms with Crippen molar-refractivity contribution in [2.75, 3.05) is 19.6 Å². The molecule has 0 spiro atoms. The molecular weight excluding hydrogens is 288 g/mol. The van der Waals surface area contributed by atoms with Gasteiger partial charge in [0.15, 0.2) is 0 Å². The van der Waals surface area contributed by atoms with Crippen LogP contribution in [-0.2, 0) is 20.7 Å². The van der Waals surface area contributed by atoms with Crippen LogP contribution in [0.4, 0.5) is 0 Å². The summed E-state index contributed by atoms with van der Waals surface area (Å²) in [7, 11) is -3.61. The summed E-state index contributed by atoms with van der Waals surface area (Å²) < 4.78 is 26.0. The number of carbonyl (C=O) groups is 1. The predicted molar refractivity (Wildman–Crippen MR) is 72.4 cm³/mol. The number of hydrogen-bond acceptors (Lipinski definition) is 3. The second kappa shape index (κ2) is 5.90. The lowest BCUT2D eigenvalue weighted by molar-refractivity contribution is -0.120. The Morgan fingerprint density at radius 1 is 1.26 bits per heavy atom. The van der Waals surface area contributed by atoms with Crippen LogP contribution in [0.5, 0.6) is 0 Å². The Kier molecular flexibility index (Phi) is 4.44. The third kappa shape index (κ3) is 3.26. The molecule has 104 valence electrons. The molecule has 0 unspecified atom stereocenters. The van der Waals surface area contributed by atoms with Crippen LogP contribution >= 0.6 is 11.6 Å². The van der Waals surface area contributed by atoms with Crippen molar-refractivity contribution >= 4 is 27.5 Å². The van der Waals surface area contributed by atoms with E-state index in [-0.39, 0.29) is 17.3 Å². The molecule has 0 radical (unpaired) electrons. The Morgan fingerprint density at radius 2 is 1.95 bits per heavy atom. The van der Waals surface area contributed by atoms with E-state index in [1.807, 2.05) is 0 Å². The number of nitrogens with zero attached hydrogens (tertiary/aromatic N) is 1. The van der Waals surface area contributed by atoms with Crippen LogP contribution in [-0.4, -0.2) is 38.3 Å². The maximum atomic E-state index is 12.4. The molecule has 0 atom stereocenters. The first-order chi connectivity index (χ1) is 9.04. The summed E-state index contributed by atoms with van der Waals surface area (Å²) in [6.45, 7) is 0.730. The number of halogens is 1. The largest absolute Gasteiger partial charge is 0.355 e. The molecule has 5 nitrogen and oxygen atoms in total. The van der Waals surface area contributed by atoms with Crippen LogP contribution in [0.25, 0.3) is 0 Å². The molecule has 0 aliphatic carbocycles. The molecule has 0 saturated carbocycles. The Morgan fingerprint density at radius 3 is 2.58 bits per heavy atom. The first-order valence-electron chi connectivity index (χ1n) is 5.96. The van der Waals surface area contributed by atoms with Gasteiger partial charge in [0.25, 0.3) is 0 Å². The Labute approximate surface area is 117 Å². The number of rotatable bonds is 3. The van der Waals surface area contributed by atoms with Gasteiger partial charge >= 0.3 is 0 Å². The van der Waals surface area contributed by atoms with Gasteiger partial charge in [-0.15, -0.1) is 11.6 Å². The summed E-state index contributed by atoms with van der Waals surface area (Å²) in [5.74, 6) is 0.0744. The molecule has 1 heterocycles. The van der Waals surface area contributed by atoms with Gasteiger partial charge in [-0.05, 0) is 24.1 Å². The van der Waals surface area contributed by atoms with Crippen molar-refractivity contribution in [3.8, 4) is 0 Å². The van der Waals surface area contributed by atoms with Crippen LogP contribution in [0.1, 0.15) is 12.0 Å². The number of amides is 1. The van der Waals surface area contributed by atoms with E-state index in [2.05, 4.69) is 5.32 Å². The van der Waals surface area contributed by atoms with E-state index in [1.54, 1.807) is 12.1 Å². The van der Waals surface area contributed by atoms with Crippen molar-refractivity contribution < 1.29 is 13.2 Å². The second-order valence-electron chi connectivity index (χ2n) is 4.32. The number of carbonyl (C=O) groups excluding carboxylic acids is 1. The van der Waals surface area contributed by atoms with Crippen molar-refractivity contribution in [2.45, 2.75) is 17.2 Å². The van der Waals surface area contributed by atoms with Gasteiger partial charge in [0.05, 0.1) is 11.4 Å². The van der Waals surface area contributed by atoms with Gasteiger partial charge in [-0.2, -0.15) is 4.31 Å². The first kappa shape index (κ1) is 14.3. The lowest BCUT2D eigenvalue weighted by atomic mass is 10.2. The van der Waals surface area contributed by atoms with E-state index in [0.29, 0.717) is 25.4 Å². The fourth-order valence-electron chi connectivity index (χ4n) is 1.88. The van der Waals surface area contributed by atoms with Crippen LogP contribution in [0.2, 0.25) is 0 Å². The highest BCUT2D eigenvalue weighted by atomic mass is 35.5. The van der Waals surface area contributed by atoms with Gasteiger partial charge in [-0.3, -0.25) is 4.79 Å². The fourth-order valence-corrected chi connectivity index (χ4v) is 3.50. The summed E-state index contributed by atoms with van der Waals surface area (Å²) >= 11 is 5.67. The zero-order chi connectivity index (χ0) is 13.9. The minimum atomic E-state index is -3.61. The molecule has 1 N–H and O–H groups in total. The van der Waals surface area contributed by atoms with E-state index in [9.17, 15) is 13.2 Å². The Bertz CT molecular complexity index is 557. The summed E-state index contributed by atoms with van der Waals surface area (Å²) in [5.41, 5.74) is 0.856.